The first kappa shape index (κ1) is 25.0. The van der Waals surface area contributed by atoms with E-state index in [0.717, 1.165) is 33.8 Å². The molecule has 0 bridgehead atoms. The van der Waals surface area contributed by atoms with Gasteiger partial charge in [-0.05, 0) is 47.8 Å². The molecule has 6 nitrogen and oxygen atoms in total. The van der Waals surface area contributed by atoms with E-state index in [1.807, 2.05) is 72.7 Å². The van der Waals surface area contributed by atoms with Gasteiger partial charge in [0.1, 0.15) is 0 Å². The largest absolute Gasteiger partial charge is 0.509 e. The zero-order chi connectivity index (χ0) is 24.9. The summed E-state index contributed by atoms with van der Waals surface area (Å²) in [5.74, 6) is 1.96. The number of rotatable bonds is 4. The number of pyridine rings is 1. The molecule has 0 amide bonds. The summed E-state index contributed by atoms with van der Waals surface area (Å²) in [5.41, 5.74) is 5.18. The average molecular weight is 668 g/mol. The molecule has 1 aliphatic heterocycles. The fraction of sp³-hybridized carbons (Fsp3) is 0.167. The van der Waals surface area contributed by atoms with Crippen LogP contribution in [0.1, 0.15) is 26.3 Å². The van der Waals surface area contributed by atoms with E-state index in [9.17, 15) is 0 Å². The first-order valence-corrected chi connectivity index (χ1v) is 11.9. The number of nitrogens with zero attached hydrogens (tertiary/aromatic N) is 5. The molecule has 0 spiro atoms. The predicted molar refractivity (Wildman–Crippen MR) is 143 cm³/mol. The molecule has 37 heavy (non-hydrogen) atoms. The molecular formula is C30H26N5OPt-3. The Hall–Kier alpha value is -3.63. The maximum absolute atomic E-state index is 6.21. The van der Waals surface area contributed by atoms with Crippen LogP contribution in [0.2, 0.25) is 0 Å². The number of ether oxygens (including phenoxy) is 1. The molecule has 0 N–H and O–H groups in total. The van der Waals surface area contributed by atoms with Crippen LogP contribution in [-0.2, 0) is 26.5 Å². The van der Waals surface area contributed by atoms with Gasteiger partial charge in [-0.1, -0.05) is 38.3 Å². The second-order valence-corrected chi connectivity index (χ2v) is 9.92. The zero-order valence-corrected chi connectivity index (χ0v) is 23.3. The SMILES string of the molecule is CN1[CH-]N(c2[c-]c(Oc3[c-]c4c(cc3)cnn4-c3cc(C(C)(C)C)ccn3)ccc2)c2ccccc21.[Pt]. The van der Waals surface area contributed by atoms with Gasteiger partial charge in [-0.2, -0.15) is 23.9 Å². The smallest absolute Gasteiger partial charge is 0.151 e. The van der Waals surface area contributed by atoms with Crippen LogP contribution in [0.25, 0.3) is 16.7 Å². The number of para-hydroxylation sites is 2. The van der Waals surface area contributed by atoms with Crippen LogP contribution in [0, 0.1) is 18.8 Å². The molecule has 6 rings (SSSR count). The third-order valence-electron chi connectivity index (χ3n) is 6.32. The summed E-state index contributed by atoms with van der Waals surface area (Å²) in [6.07, 6.45) is 3.65. The molecule has 0 aliphatic carbocycles. The van der Waals surface area contributed by atoms with Crippen LogP contribution in [-0.4, -0.2) is 21.8 Å². The summed E-state index contributed by atoms with van der Waals surface area (Å²) in [4.78, 5) is 8.77. The molecule has 0 unspecified atom stereocenters. The Kier molecular flexibility index (Phi) is 6.55. The van der Waals surface area contributed by atoms with E-state index in [1.54, 1.807) is 0 Å². The van der Waals surface area contributed by atoms with E-state index in [-0.39, 0.29) is 26.5 Å². The van der Waals surface area contributed by atoms with E-state index in [4.69, 9.17) is 4.74 Å². The van der Waals surface area contributed by atoms with Crippen LogP contribution in [0.4, 0.5) is 17.1 Å². The minimum atomic E-state index is 0. The van der Waals surface area contributed by atoms with Crippen molar-refractivity contribution < 1.29 is 25.8 Å². The summed E-state index contributed by atoms with van der Waals surface area (Å²) < 4.78 is 8.02. The van der Waals surface area contributed by atoms with Crippen LogP contribution >= 0.6 is 0 Å². The van der Waals surface area contributed by atoms with Crippen molar-refractivity contribution in [2.75, 3.05) is 16.8 Å². The molecule has 0 atom stereocenters. The molecule has 5 aromatic rings. The maximum atomic E-state index is 6.21. The Bertz CT molecular complexity index is 1570. The molecule has 0 saturated heterocycles. The van der Waals surface area contributed by atoms with Crippen molar-refractivity contribution in [3.05, 3.63) is 103 Å². The first-order chi connectivity index (χ1) is 17.4. The Labute approximate surface area is 231 Å². The molecular weight excluding hydrogens is 641 g/mol. The molecule has 2 aromatic heterocycles. The van der Waals surface area contributed by atoms with E-state index in [0.29, 0.717) is 11.5 Å². The first-order valence-electron chi connectivity index (χ1n) is 11.9. The molecule has 3 aromatic carbocycles. The number of benzene rings is 3. The fourth-order valence-corrected chi connectivity index (χ4v) is 4.38. The van der Waals surface area contributed by atoms with Crippen molar-refractivity contribution in [1.29, 1.82) is 0 Å². The van der Waals surface area contributed by atoms with Crippen molar-refractivity contribution in [2.45, 2.75) is 26.2 Å². The second-order valence-electron chi connectivity index (χ2n) is 9.92. The number of fused-ring (bicyclic) bond motifs is 2. The van der Waals surface area contributed by atoms with Crippen LogP contribution < -0.4 is 14.5 Å². The maximum Gasteiger partial charge on any atom is 0.151 e. The third kappa shape index (κ3) is 4.74. The van der Waals surface area contributed by atoms with Gasteiger partial charge in [-0.25, -0.2) is 9.67 Å². The van der Waals surface area contributed by atoms with Gasteiger partial charge in [0.15, 0.2) is 5.82 Å². The minimum Gasteiger partial charge on any atom is -0.509 e. The van der Waals surface area contributed by atoms with Crippen molar-refractivity contribution >= 4 is 28.0 Å². The van der Waals surface area contributed by atoms with Crippen molar-refractivity contribution in [2.24, 2.45) is 0 Å². The monoisotopic (exact) mass is 667 g/mol. The molecule has 0 fully saturated rings. The number of hydrogen-bond donors (Lipinski definition) is 0. The topological polar surface area (TPSA) is 46.4 Å². The van der Waals surface area contributed by atoms with Crippen molar-refractivity contribution in [1.82, 2.24) is 14.8 Å². The molecule has 3 heterocycles. The molecule has 190 valence electrons. The van der Waals surface area contributed by atoms with E-state index >= 15 is 0 Å². The van der Waals surface area contributed by atoms with Gasteiger partial charge in [-0.15, -0.1) is 36.0 Å². The van der Waals surface area contributed by atoms with Gasteiger partial charge >= 0.3 is 0 Å². The van der Waals surface area contributed by atoms with Gasteiger partial charge in [0.25, 0.3) is 0 Å². The zero-order valence-electron chi connectivity index (χ0n) is 21.0. The standard InChI is InChI=1S/C30H26N5O.Pt/c1-30(2,3)22-14-15-31-29(16-22)35-28-18-25(13-12-21(28)19-32-35)36-24-9-7-8-23(17-24)34-20-33(4)26-10-5-6-11-27(26)34;/h5-16,19-20H,1-4H3;/q-3;. The summed E-state index contributed by atoms with van der Waals surface area (Å²) in [5, 5.41) is 5.54. The van der Waals surface area contributed by atoms with Gasteiger partial charge in [0.05, 0.1) is 0 Å². The summed E-state index contributed by atoms with van der Waals surface area (Å²) in [6.45, 7) is 8.61. The molecule has 0 radical (unpaired) electrons. The average Bonchev–Trinajstić information content (AvgIpc) is 3.45. The Morgan fingerprint density at radius 3 is 2.49 bits per heavy atom. The number of aromatic nitrogens is 3. The second kappa shape index (κ2) is 9.68. The summed E-state index contributed by atoms with van der Waals surface area (Å²) in [6, 6.07) is 29.0. The molecule has 7 heteroatoms. The van der Waals surface area contributed by atoms with Crippen LogP contribution in [0.3, 0.4) is 0 Å². The normalized spacial score (nSPS) is 13.0. The Morgan fingerprint density at radius 1 is 0.892 bits per heavy atom. The molecule has 1 aliphatic rings. The quantitative estimate of drug-likeness (QED) is 0.197. The summed E-state index contributed by atoms with van der Waals surface area (Å²) >= 11 is 0. The van der Waals surface area contributed by atoms with Gasteiger partial charge in [0.2, 0.25) is 0 Å². The van der Waals surface area contributed by atoms with E-state index in [2.05, 4.69) is 77.7 Å². The summed E-state index contributed by atoms with van der Waals surface area (Å²) in [7, 11) is 2.04. The van der Waals surface area contributed by atoms with E-state index in [1.165, 1.54) is 5.56 Å². The van der Waals surface area contributed by atoms with Crippen LogP contribution in [0.5, 0.6) is 11.5 Å². The third-order valence-corrected chi connectivity index (χ3v) is 6.32. The minimum absolute atomic E-state index is 0. The van der Waals surface area contributed by atoms with Gasteiger partial charge in [0, 0.05) is 56.3 Å². The number of hydrogen-bond acceptors (Lipinski definition) is 5. The fourth-order valence-electron chi connectivity index (χ4n) is 4.38. The number of anilines is 3. The van der Waals surface area contributed by atoms with Crippen LogP contribution in [0.15, 0.2) is 79.1 Å². The molecule has 0 saturated carbocycles. The van der Waals surface area contributed by atoms with Crippen molar-refractivity contribution in [3.8, 4) is 17.3 Å². The Balaban J connectivity index is 0.00000280. The van der Waals surface area contributed by atoms with Gasteiger partial charge < -0.3 is 14.5 Å². The van der Waals surface area contributed by atoms with E-state index < -0.39 is 0 Å². The Morgan fingerprint density at radius 2 is 1.68 bits per heavy atom. The van der Waals surface area contributed by atoms with Gasteiger partial charge in [-0.3, -0.25) is 0 Å². The predicted octanol–water partition coefficient (Wildman–Crippen LogP) is 6.82. The van der Waals surface area contributed by atoms with Crippen molar-refractivity contribution in [3.63, 3.8) is 0 Å².